The van der Waals surface area contributed by atoms with E-state index < -0.39 is 0 Å². The van der Waals surface area contributed by atoms with Crippen LogP contribution in [0.5, 0.6) is 0 Å². The summed E-state index contributed by atoms with van der Waals surface area (Å²) in [5, 5.41) is 12.1. The van der Waals surface area contributed by atoms with E-state index in [9.17, 15) is 4.79 Å². The van der Waals surface area contributed by atoms with Crippen LogP contribution in [-0.2, 0) is 4.79 Å². The Balaban J connectivity index is 1.44. The summed E-state index contributed by atoms with van der Waals surface area (Å²) in [6, 6.07) is 5.29. The molecule has 0 bridgehead atoms. The number of H-pyrrole nitrogens is 1. The molecule has 1 aliphatic heterocycles. The molecule has 2 fully saturated rings. The molecule has 1 aliphatic carbocycles. The minimum atomic E-state index is -0.287. The van der Waals surface area contributed by atoms with E-state index in [0.717, 1.165) is 36.8 Å². The summed E-state index contributed by atoms with van der Waals surface area (Å²) in [6.45, 7) is 3.68. The summed E-state index contributed by atoms with van der Waals surface area (Å²) in [4.78, 5) is 14.6. The molecule has 1 atom stereocenters. The predicted octanol–water partition coefficient (Wildman–Crippen LogP) is 3.42. The smallest absolute Gasteiger partial charge is 0.244 e. The summed E-state index contributed by atoms with van der Waals surface area (Å²) in [7, 11) is 0. The maximum Gasteiger partial charge on any atom is 0.244 e. The van der Waals surface area contributed by atoms with Crippen molar-refractivity contribution in [3.63, 3.8) is 0 Å². The van der Waals surface area contributed by atoms with Gasteiger partial charge in [0.15, 0.2) is 5.82 Å². The van der Waals surface area contributed by atoms with Crippen molar-refractivity contribution in [1.82, 2.24) is 15.1 Å². The van der Waals surface area contributed by atoms with Crippen molar-refractivity contribution in [2.45, 2.75) is 38.6 Å². The summed E-state index contributed by atoms with van der Waals surface area (Å²) >= 11 is 5.98. The lowest BCUT2D eigenvalue weighted by Gasteiger charge is -2.33. The number of carbonyl (C=O) groups is 1. The molecule has 5 nitrogen and oxygen atoms in total. The Morgan fingerprint density at radius 3 is 2.78 bits per heavy atom. The first kappa shape index (κ1) is 14.8. The largest absolute Gasteiger partial charge is 0.357 e. The quantitative estimate of drug-likeness (QED) is 0.905. The summed E-state index contributed by atoms with van der Waals surface area (Å²) in [6.07, 6.45) is 5.03. The fourth-order valence-corrected chi connectivity index (χ4v) is 3.69. The third-order valence-corrected chi connectivity index (χ3v) is 5.58. The van der Waals surface area contributed by atoms with Gasteiger partial charge < -0.3 is 10.2 Å². The lowest BCUT2D eigenvalue weighted by molar-refractivity contribution is -0.133. The number of nitrogens with one attached hydrogen (secondary N) is 2. The first-order chi connectivity index (χ1) is 11.1. The minimum Gasteiger partial charge on any atom is -0.357 e. The van der Waals surface area contributed by atoms with E-state index in [4.69, 9.17) is 11.6 Å². The molecule has 122 valence electrons. The van der Waals surface area contributed by atoms with Crippen LogP contribution in [0.15, 0.2) is 18.2 Å². The Morgan fingerprint density at radius 2 is 2.09 bits per heavy atom. The van der Waals surface area contributed by atoms with Crippen molar-refractivity contribution in [3.8, 4) is 0 Å². The highest BCUT2D eigenvalue weighted by Gasteiger charge is 2.45. The Morgan fingerprint density at radius 1 is 1.35 bits per heavy atom. The van der Waals surface area contributed by atoms with Gasteiger partial charge in [-0.25, -0.2) is 0 Å². The third kappa shape index (κ3) is 2.78. The minimum absolute atomic E-state index is 0.158. The fourth-order valence-electron chi connectivity index (χ4n) is 3.52. The number of benzene rings is 1. The molecule has 2 heterocycles. The van der Waals surface area contributed by atoms with Crippen LogP contribution >= 0.6 is 11.6 Å². The number of halogens is 1. The zero-order chi connectivity index (χ0) is 16.0. The van der Waals surface area contributed by atoms with Crippen molar-refractivity contribution in [2.24, 2.45) is 5.41 Å². The SMILES string of the molecule is C[C@H](Nc1n[nH]c2cc(Cl)ccc12)C(=O)N1CCC2(CC1)CC2. The average Bonchev–Trinajstić information content (AvgIpc) is 3.19. The van der Waals surface area contributed by atoms with Crippen LogP contribution < -0.4 is 5.32 Å². The Bertz CT molecular complexity index is 742. The second kappa shape index (κ2) is 5.41. The molecule has 1 saturated carbocycles. The summed E-state index contributed by atoms with van der Waals surface area (Å²) in [5.74, 6) is 0.860. The molecule has 1 aromatic heterocycles. The molecule has 6 heteroatoms. The highest BCUT2D eigenvalue weighted by Crippen LogP contribution is 2.53. The normalized spacial score (nSPS) is 20.7. The summed E-state index contributed by atoms with van der Waals surface area (Å²) in [5.41, 5.74) is 1.46. The Hall–Kier alpha value is -1.75. The molecule has 0 unspecified atom stereocenters. The number of fused-ring (bicyclic) bond motifs is 1. The maximum atomic E-state index is 12.7. The van der Waals surface area contributed by atoms with Crippen LogP contribution in [0.3, 0.4) is 0 Å². The van der Waals surface area contributed by atoms with Crippen LogP contribution in [0.2, 0.25) is 5.02 Å². The van der Waals surface area contributed by atoms with Crippen LogP contribution in [-0.4, -0.2) is 40.1 Å². The second-order valence-corrected chi connectivity index (χ2v) is 7.39. The van der Waals surface area contributed by atoms with Gasteiger partial charge in [-0.1, -0.05) is 11.6 Å². The molecule has 2 aliphatic rings. The van der Waals surface area contributed by atoms with Crippen molar-refractivity contribution in [3.05, 3.63) is 23.2 Å². The molecular weight excluding hydrogens is 312 g/mol. The topological polar surface area (TPSA) is 61.0 Å². The molecule has 1 aromatic carbocycles. The van der Waals surface area contributed by atoms with Gasteiger partial charge in [0, 0.05) is 23.5 Å². The first-order valence-electron chi connectivity index (χ1n) is 8.25. The van der Waals surface area contributed by atoms with Crippen molar-refractivity contribution in [2.75, 3.05) is 18.4 Å². The van der Waals surface area contributed by atoms with Gasteiger partial charge in [-0.3, -0.25) is 9.89 Å². The number of hydrogen-bond donors (Lipinski definition) is 2. The van der Waals surface area contributed by atoms with E-state index in [1.54, 1.807) is 0 Å². The zero-order valence-corrected chi connectivity index (χ0v) is 14.0. The molecule has 23 heavy (non-hydrogen) atoms. The number of piperidine rings is 1. The van der Waals surface area contributed by atoms with Gasteiger partial charge in [0.1, 0.15) is 6.04 Å². The van der Waals surface area contributed by atoms with Gasteiger partial charge >= 0.3 is 0 Å². The van der Waals surface area contributed by atoms with E-state index in [1.165, 1.54) is 12.8 Å². The average molecular weight is 333 g/mol. The summed E-state index contributed by atoms with van der Waals surface area (Å²) < 4.78 is 0. The van der Waals surface area contributed by atoms with Crippen molar-refractivity contribution < 1.29 is 4.79 Å². The van der Waals surface area contributed by atoms with Gasteiger partial charge in [-0.05, 0) is 56.2 Å². The van der Waals surface area contributed by atoms with Crippen LogP contribution in [0.4, 0.5) is 5.82 Å². The van der Waals surface area contributed by atoms with Crippen LogP contribution in [0.25, 0.3) is 10.9 Å². The zero-order valence-electron chi connectivity index (χ0n) is 13.2. The lowest BCUT2D eigenvalue weighted by atomic mass is 9.93. The number of rotatable bonds is 3. The third-order valence-electron chi connectivity index (χ3n) is 5.34. The Kier molecular flexibility index (Phi) is 3.48. The van der Waals surface area contributed by atoms with Gasteiger partial charge in [-0.15, -0.1) is 0 Å². The van der Waals surface area contributed by atoms with E-state index in [-0.39, 0.29) is 11.9 Å². The predicted molar refractivity (Wildman–Crippen MR) is 91.7 cm³/mol. The fraction of sp³-hybridized carbons (Fsp3) is 0.529. The molecule has 1 spiro atoms. The van der Waals surface area contributed by atoms with Gasteiger partial charge in [0.2, 0.25) is 5.91 Å². The van der Waals surface area contributed by atoms with Crippen molar-refractivity contribution in [1.29, 1.82) is 0 Å². The van der Waals surface area contributed by atoms with E-state index in [1.807, 2.05) is 30.0 Å². The number of aromatic nitrogens is 2. The lowest BCUT2D eigenvalue weighted by Crippen LogP contribution is -2.45. The monoisotopic (exact) mass is 332 g/mol. The number of anilines is 1. The standard InChI is InChI=1S/C17H21ClN4O/c1-11(16(23)22-8-6-17(4-5-17)7-9-22)19-15-13-3-2-12(18)10-14(13)20-21-15/h2-3,10-11H,4-9H2,1H3,(H2,19,20,21)/t11-/m0/s1. The molecule has 2 N–H and O–H groups in total. The first-order valence-corrected chi connectivity index (χ1v) is 8.63. The van der Waals surface area contributed by atoms with E-state index >= 15 is 0 Å². The number of hydrogen-bond acceptors (Lipinski definition) is 3. The van der Waals surface area contributed by atoms with Gasteiger partial charge in [0.05, 0.1) is 5.52 Å². The number of amides is 1. The number of carbonyl (C=O) groups excluding carboxylic acids is 1. The van der Waals surface area contributed by atoms with E-state index in [0.29, 0.717) is 16.3 Å². The number of likely N-dealkylation sites (tertiary alicyclic amines) is 1. The highest BCUT2D eigenvalue weighted by atomic mass is 35.5. The molecule has 2 aromatic rings. The van der Waals surface area contributed by atoms with Crippen molar-refractivity contribution >= 4 is 34.2 Å². The van der Waals surface area contributed by atoms with Crippen LogP contribution in [0, 0.1) is 5.41 Å². The molecule has 0 radical (unpaired) electrons. The van der Waals surface area contributed by atoms with Crippen LogP contribution in [0.1, 0.15) is 32.6 Å². The second-order valence-electron chi connectivity index (χ2n) is 6.95. The van der Waals surface area contributed by atoms with E-state index in [2.05, 4.69) is 15.5 Å². The number of nitrogens with zero attached hydrogens (tertiary/aromatic N) is 2. The molecule has 1 amide bonds. The highest BCUT2D eigenvalue weighted by molar-refractivity contribution is 6.31. The van der Waals surface area contributed by atoms with Gasteiger partial charge in [-0.2, -0.15) is 5.10 Å². The number of aromatic amines is 1. The maximum absolute atomic E-state index is 12.7. The molecule has 1 saturated heterocycles. The Labute approximate surface area is 140 Å². The molecule has 4 rings (SSSR count). The van der Waals surface area contributed by atoms with Gasteiger partial charge in [0.25, 0.3) is 0 Å². The molecular formula is C17H21ClN4O.